The highest BCUT2D eigenvalue weighted by Gasteiger charge is 2.09. The van der Waals surface area contributed by atoms with Crippen LogP contribution in [0.1, 0.15) is 11.7 Å². The molecule has 0 spiro atoms. The number of aromatic nitrogens is 2. The lowest BCUT2D eigenvalue weighted by atomic mass is 10.7. The third-order valence-corrected chi connectivity index (χ3v) is 0.828. The van der Waals surface area contributed by atoms with Gasteiger partial charge in [-0.2, -0.15) is 0 Å². The molecule has 0 atom stereocenters. The molecule has 0 aliphatic rings. The molecule has 10 heavy (non-hydrogen) atoms. The predicted octanol–water partition coefficient (Wildman–Crippen LogP) is -0.798. The molecule has 0 saturated heterocycles. The van der Waals surface area contributed by atoms with Crippen molar-refractivity contribution < 1.29 is 14.4 Å². The van der Waals surface area contributed by atoms with Gasteiger partial charge in [-0.15, -0.1) is 4.98 Å². The zero-order valence-corrected chi connectivity index (χ0v) is 5.07. The molecule has 0 saturated carbocycles. The van der Waals surface area contributed by atoms with Crippen molar-refractivity contribution in [1.29, 1.82) is 0 Å². The fourth-order valence-corrected chi connectivity index (χ4v) is 0.471. The zero-order chi connectivity index (χ0) is 7.72. The minimum atomic E-state index is -0.993. The Kier molecular flexibility index (Phi) is 1.29. The first-order valence-corrected chi connectivity index (χ1v) is 2.41. The lowest BCUT2D eigenvalue weighted by molar-refractivity contribution is 0.0790. The first-order valence-electron chi connectivity index (χ1n) is 2.41. The van der Waals surface area contributed by atoms with Crippen LogP contribution in [0, 0.1) is 0 Å². The van der Waals surface area contributed by atoms with Gasteiger partial charge in [-0.25, -0.2) is 4.79 Å². The van der Waals surface area contributed by atoms with Crippen LogP contribution in [0.3, 0.4) is 0 Å². The molecule has 1 aromatic heterocycles. The maximum Gasteiger partial charge on any atom is 0.463 e. The fraction of sp³-hybridized carbons (Fsp3) is 0.250. The molecular formula is C4H4N2O4. The van der Waals surface area contributed by atoms with Gasteiger partial charge in [-0.1, -0.05) is 4.74 Å². The van der Waals surface area contributed by atoms with Gasteiger partial charge >= 0.3 is 11.8 Å². The van der Waals surface area contributed by atoms with Crippen LogP contribution < -0.4 is 5.76 Å². The van der Waals surface area contributed by atoms with E-state index in [2.05, 4.69) is 9.51 Å². The topological polar surface area (TPSA) is 85.3 Å². The quantitative estimate of drug-likeness (QED) is 0.515. The van der Waals surface area contributed by atoms with Crippen LogP contribution in [0.4, 0.5) is 0 Å². The molecular weight excluding hydrogens is 140 g/mol. The van der Waals surface area contributed by atoms with Crippen LogP contribution in [0.25, 0.3) is 0 Å². The van der Waals surface area contributed by atoms with Gasteiger partial charge in [0.25, 0.3) is 5.91 Å². The summed E-state index contributed by atoms with van der Waals surface area (Å²) in [6.07, 6.45) is 0. The maximum atomic E-state index is 10.4. The van der Waals surface area contributed by atoms with Crippen molar-refractivity contribution >= 4 is 5.91 Å². The molecule has 1 N–H and O–H groups in total. The number of hydrogen-bond acceptors (Lipinski definition) is 5. The van der Waals surface area contributed by atoms with E-state index in [0.717, 1.165) is 6.92 Å². The van der Waals surface area contributed by atoms with Crippen molar-refractivity contribution in [1.82, 2.24) is 9.72 Å². The van der Waals surface area contributed by atoms with Crippen molar-refractivity contribution in [2.75, 3.05) is 0 Å². The normalized spacial score (nSPS) is 9.70. The highest BCUT2D eigenvalue weighted by Crippen LogP contribution is 1.98. The Morgan fingerprint density at radius 3 is 2.60 bits per heavy atom. The third kappa shape index (κ3) is 0.903. The summed E-state index contributed by atoms with van der Waals surface area (Å²) in [5.74, 6) is -1.60. The summed E-state index contributed by atoms with van der Waals surface area (Å²) in [7, 11) is 0. The van der Waals surface area contributed by atoms with Crippen molar-refractivity contribution in [3.8, 4) is 6.01 Å². The van der Waals surface area contributed by atoms with E-state index in [4.69, 9.17) is 5.11 Å². The number of aromatic hydroxyl groups is 1. The molecule has 0 fully saturated rings. The molecule has 54 valence electrons. The SMILES string of the molecule is CC(=O)n1oc(=O)nc1O. The molecule has 0 aromatic carbocycles. The molecule has 0 bridgehead atoms. The van der Waals surface area contributed by atoms with Gasteiger partial charge in [-0.05, 0) is 0 Å². The summed E-state index contributed by atoms with van der Waals surface area (Å²) >= 11 is 0. The van der Waals surface area contributed by atoms with Gasteiger partial charge < -0.3 is 9.63 Å². The van der Waals surface area contributed by atoms with E-state index in [-0.39, 0.29) is 0 Å². The van der Waals surface area contributed by atoms with Crippen LogP contribution in [-0.2, 0) is 0 Å². The van der Waals surface area contributed by atoms with Gasteiger partial charge in [0.1, 0.15) is 0 Å². The average molecular weight is 144 g/mol. The van der Waals surface area contributed by atoms with Crippen LogP contribution in [0.15, 0.2) is 9.32 Å². The molecule has 6 nitrogen and oxygen atoms in total. The molecule has 6 heteroatoms. The van der Waals surface area contributed by atoms with Gasteiger partial charge in [0, 0.05) is 6.92 Å². The van der Waals surface area contributed by atoms with E-state index in [1.165, 1.54) is 0 Å². The van der Waals surface area contributed by atoms with Gasteiger partial charge in [-0.3, -0.25) is 4.79 Å². The van der Waals surface area contributed by atoms with Gasteiger partial charge in [0.2, 0.25) is 0 Å². The zero-order valence-electron chi connectivity index (χ0n) is 5.07. The van der Waals surface area contributed by atoms with Crippen molar-refractivity contribution in [3.63, 3.8) is 0 Å². The fourth-order valence-electron chi connectivity index (χ4n) is 0.471. The highest BCUT2D eigenvalue weighted by atomic mass is 16.6. The molecule has 1 aromatic rings. The molecule has 0 unspecified atom stereocenters. The Hall–Kier alpha value is -1.59. The van der Waals surface area contributed by atoms with Gasteiger partial charge in [0.05, 0.1) is 0 Å². The number of rotatable bonds is 0. The third-order valence-electron chi connectivity index (χ3n) is 0.828. The first-order chi connectivity index (χ1) is 4.61. The smallest absolute Gasteiger partial charge is 0.463 e. The van der Waals surface area contributed by atoms with E-state index in [1.807, 2.05) is 0 Å². The second-order valence-electron chi connectivity index (χ2n) is 1.58. The Morgan fingerprint density at radius 1 is 1.80 bits per heavy atom. The van der Waals surface area contributed by atoms with Crippen molar-refractivity contribution in [2.45, 2.75) is 6.92 Å². The number of hydrogen-bond donors (Lipinski definition) is 1. The second kappa shape index (κ2) is 1.98. The summed E-state index contributed by atoms with van der Waals surface area (Å²) in [5, 5.41) is 8.64. The summed E-state index contributed by atoms with van der Waals surface area (Å²) in [6.45, 7) is 1.13. The van der Waals surface area contributed by atoms with E-state index < -0.39 is 17.7 Å². The largest absolute Gasteiger partial charge is 0.478 e. The molecule has 1 rings (SSSR count). The summed E-state index contributed by atoms with van der Waals surface area (Å²) in [6, 6.07) is -0.725. The van der Waals surface area contributed by atoms with E-state index >= 15 is 0 Å². The Bertz CT molecular complexity index is 309. The molecule has 0 aliphatic carbocycles. The Labute approximate surface area is 54.7 Å². The summed E-state index contributed by atoms with van der Waals surface area (Å²) in [4.78, 5) is 23.5. The summed E-state index contributed by atoms with van der Waals surface area (Å²) in [5.41, 5.74) is 0. The molecule has 1 heterocycles. The standard InChI is InChI=1S/C4H4N2O4/c1-2(7)6-3(8)5-4(9)10-6/h1H3,(H,5,8,9). The highest BCUT2D eigenvalue weighted by molar-refractivity contribution is 5.75. The lowest BCUT2D eigenvalue weighted by Crippen LogP contribution is -2.03. The van der Waals surface area contributed by atoms with E-state index in [1.54, 1.807) is 0 Å². The van der Waals surface area contributed by atoms with Crippen molar-refractivity contribution in [3.05, 3.63) is 10.6 Å². The minimum absolute atomic E-state index is 0.405. The van der Waals surface area contributed by atoms with Crippen LogP contribution in [-0.4, -0.2) is 20.7 Å². The Morgan fingerprint density at radius 2 is 2.40 bits per heavy atom. The second-order valence-corrected chi connectivity index (χ2v) is 1.58. The number of carbonyl (C=O) groups is 1. The Balaban J connectivity index is 3.28. The minimum Gasteiger partial charge on any atom is -0.478 e. The summed E-state index contributed by atoms with van der Waals surface area (Å²) < 4.78 is 4.53. The lowest BCUT2D eigenvalue weighted by Gasteiger charge is -1.88. The number of carbonyl (C=O) groups excluding carboxylic acids is 1. The molecule has 0 radical (unpaired) electrons. The van der Waals surface area contributed by atoms with Crippen molar-refractivity contribution in [2.24, 2.45) is 0 Å². The maximum absolute atomic E-state index is 10.4. The van der Waals surface area contributed by atoms with Crippen LogP contribution >= 0.6 is 0 Å². The van der Waals surface area contributed by atoms with Gasteiger partial charge in [0.15, 0.2) is 0 Å². The monoisotopic (exact) mass is 144 g/mol. The average Bonchev–Trinajstić information content (AvgIpc) is 2.10. The predicted molar refractivity (Wildman–Crippen MR) is 28.7 cm³/mol. The first kappa shape index (κ1) is 6.53. The van der Waals surface area contributed by atoms with E-state index in [9.17, 15) is 9.59 Å². The van der Waals surface area contributed by atoms with Crippen LogP contribution in [0.5, 0.6) is 6.01 Å². The van der Waals surface area contributed by atoms with Crippen LogP contribution in [0.2, 0.25) is 0 Å². The molecule has 0 aliphatic heterocycles. The van der Waals surface area contributed by atoms with E-state index in [0.29, 0.717) is 4.74 Å². The molecule has 0 amide bonds. The number of nitrogens with zero attached hydrogens (tertiary/aromatic N) is 2.